The van der Waals surface area contributed by atoms with Gasteiger partial charge < -0.3 is 20.0 Å². The number of carbonyl (C=O) groups excluding carboxylic acids is 1. The fraction of sp³-hybridized carbons (Fsp3) is 0.923. The fourth-order valence-electron chi connectivity index (χ4n) is 1.93. The Kier molecular flexibility index (Phi) is 5.17. The van der Waals surface area contributed by atoms with E-state index in [0.29, 0.717) is 12.8 Å². The number of rotatable bonds is 5. The van der Waals surface area contributed by atoms with Gasteiger partial charge in [-0.15, -0.1) is 0 Å². The molecule has 0 bridgehead atoms. The third-order valence-electron chi connectivity index (χ3n) is 4.23. The van der Waals surface area contributed by atoms with Crippen LogP contribution in [0.5, 0.6) is 0 Å². The van der Waals surface area contributed by atoms with Crippen molar-refractivity contribution in [3.63, 3.8) is 0 Å². The van der Waals surface area contributed by atoms with Crippen molar-refractivity contribution in [1.29, 1.82) is 0 Å². The molecule has 0 aromatic carbocycles. The lowest BCUT2D eigenvalue weighted by atomic mass is 10.0. The molecule has 1 fully saturated rings. The molecule has 3 atom stereocenters. The van der Waals surface area contributed by atoms with Crippen LogP contribution in [-0.2, 0) is 9.22 Å². The van der Waals surface area contributed by atoms with Gasteiger partial charge in [0.1, 0.15) is 6.10 Å². The molecule has 0 aliphatic carbocycles. The van der Waals surface area contributed by atoms with Crippen LogP contribution in [0, 0.1) is 0 Å². The number of aliphatic hydroxyl groups is 2. The Hall–Kier alpha value is -0.433. The highest BCUT2D eigenvalue weighted by Gasteiger charge is 2.43. The van der Waals surface area contributed by atoms with Crippen LogP contribution >= 0.6 is 0 Å². The average Bonchev–Trinajstić information content (AvgIpc) is 2.70. The molecule has 112 valence electrons. The largest absolute Gasteiger partial charge is 0.409 e. The summed E-state index contributed by atoms with van der Waals surface area (Å²) >= 11 is 0. The van der Waals surface area contributed by atoms with E-state index in [1.54, 1.807) is 0 Å². The molecule has 0 aromatic heterocycles. The smallest absolute Gasteiger partial charge is 0.220 e. The van der Waals surface area contributed by atoms with Crippen molar-refractivity contribution in [1.82, 2.24) is 5.32 Å². The topological polar surface area (TPSA) is 78.8 Å². The Balaban J connectivity index is 2.84. The van der Waals surface area contributed by atoms with Crippen molar-refractivity contribution in [2.75, 3.05) is 6.61 Å². The van der Waals surface area contributed by atoms with Crippen molar-refractivity contribution in [2.24, 2.45) is 0 Å². The predicted molar refractivity (Wildman–Crippen MR) is 76.3 cm³/mol. The molecule has 6 heteroatoms. The molecule has 0 radical (unpaired) electrons. The second kappa shape index (κ2) is 5.91. The Labute approximate surface area is 116 Å². The van der Waals surface area contributed by atoms with E-state index < -0.39 is 20.5 Å². The lowest BCUT2D eigenvalue weighted by molar-refractivity contribution is -0.120. The quantitative estimate of drug-likeness (QED) is 0.660. The van der Waals surface area contributed by atoms with Crippen molar-refractivity contribution < 1.29 is 19.4 Å². The minimum absolute atomic E-state index is 0.0148. The summed E-state index contributed by atoms with van der Waals surface area (Å²) in [5, 5.41) is 22.0. The third kappa shape index (κ3) is 4.01. The van der Waals surface area contributed by atoms with E-state index in [1.807, 2.05) is 0 Å². The monoisotopic (exact) mass is 289 g/mol. The molecule has 1 aliphatic heterocycles. The van der Waals surface area contributed by atoms with Gasteiger partial charge in [0.2, 0.25) is 5.91 Å². The molecule has 1 amide bonds. The maximum Gasteiger partial charge on any atom is 0.220 e. The average molecular weight is 289 g/mol. The number of carbonyl (C=O) groups is 1. The second-order valence-electron chi connectivity index (χ2n) is 6.81. The summed E-state index contributed by atoms with van der Waals surface area (Å²) in [6.45, 7) is 10.2. The molecule has 0 saturated carbocycles. The third-order valence-corrected chi connectivity index (χ3v) is 8.70. The molecule has 5 nitrogen and oxygen atoms in total. The van der Waals surface area contributed by atoms with E-state index in [1.165, 1.54) is 0 Å². The van der Waals surface area contributed by atoms with E-state index in [4.69, 9.17) is 4.43 Å². The highest BCUT2D eigenvalue weighted by Crippen LogP contribution is 2.38. The summed E-state index contributed by atoms with van der Waals surface area (Å²) in [6, 6.07) is -0.205. The summed E-state index contributed by atoms with van der Waals surface area (Å²) in [4.78, 5) is 11.3. The Bertz CT molecular complexity index is 327. The SMILES string of the molecule is CC(C)(C)[Si](C)(C)O[C@H]([C@@H]1CCC(=O)N1)[C@@H](O)CO. The van der Waals surface area contributed by atoms with Gasteiger partial charge in [-0.2, -0.15) is 0 Å². The molecule has 0 aromatic rings. The Morgan fingerprint density at radius 2 is 2.05 bits per heavy atom. The summed E-state index contributed by atoms with van der Waals surface area (Å²) < 4.78 is 6.20. The van der Waals surface area contributed by atoms with Gasteiger partial charge in [0, 0.05) is 6.42 Å². The minimum Gasteiger partial charge on any atom is -0.409 e. The van der Waals surface area contributed by atoms with Gasteiger partial charge in [0.05, 0.1) is 18.8 Å². The van der Waals surface area contributed by atoms with Crippen molar-refractivity contribution in [2.45, 2.75) is 70.0 Å². The van der Waals surface area contributed by atoms with E-state index in [9.17, 15) is 15.0 Å². The first-order valence-electron chi connectivity index (χ1n) is 6.84. The van der Waals surface area contributed by atoms with Crippen LogP contribution in [0.25, 0.3) is 0 Å². The van der Waals surface area contributed by atoms with E-state index in [-0.39, 0.29) is 23.6 Å². The molecule has 1 heterocycles. The molecule has 3 N–H and O–H groups in total. The summed E-state index contributed by atoms with van der Waals surface area (Å²) in [5.74, 6) is -0.0148. The van der Waals surface area contributed by atoms with Crippen LogP contribution in [-0.4, -0.2) is 49.3 Å². The summed E-state index contributed by atoms with van der Waals surface area (Å²) in [6.07, 6.45) is -0.384. The zero-order valence-electron chi connectivity index (χ0n) is 12.6. The second-order valence-corrected chi connectivity index (χ2v) is 11.6. The Morgan fingerprint density at radius 1 is 1.47 bits per heavy atom. The van der Waals surface area contributed by atoms with Gasteiger partial charge in [0.25, 0.3) is 0 Å². The van der Waals surface area contributed by atoms with E-state index >= 15 is 0 Å². The summed E-state index contributed by atoms with van der Waals surface area (Å²) in [7, 11) is -2.06. The number of aliphatic hydroxyl groups excluding tert-OH is 2. The molecule has 19 heavy (non-hydrogen) atoms. The van der Waals surface area contributed by atoms with Crippen molar-refractivity contribution >= 4 is 14.2 Å². The maximum atomic E-state index is 11.3. The van der Waals surface area contributed by atoms with Crippen molar-refractivity contribution in [3.05, 3.63) is 0 Å². The predicted octanol–water partition coefficient (Wildman–Crippen LogP) is 1.01. The molecule has 1 rings (SSSR count). The number of nitrogens with one attached hydrogen (secondary N) is 1. The van der Waals surface area contributed by atoms with E-state index in [2.05, 4.69) is 39.2 Å². The van der Waals surface area contributed by atoms with Crippen LogP contribution in [0.2, 0.25) is 18.1 Å². The van der Waals surface area contributed by atoms with Crippen LogP contribution in [0.15, 0.2) is 0 Å². The van der Waals surface area contributed by atoms with E-state index in [0.717, 1.165) is 0 Å². The van der Waals surface area contributed by atoms with Crippen LogP contribution in [0.3, 0.4) is 0 Å². The highest BCUT2D eigenvalue weighted by molar-refractivity contribution is 6.74. The zero-order chi connectivity index (χ0) is 14.8. The highest BCUT2D eigenvalue weighted by atomic mass is 28.4. The Morgan fingerprint density at radius 3 is 2.42 bits per heavy atom. The van der Waals surface area contributed by atoms with Crippen LogP contribution in [0.1, 0.15) is 33.6 Å². The van der Waals surface area contributed by atoms with Gasteiger partial charge in [-0.25, -0.2) is 0 Å². The van der Waals surface area contributed by atoms with Gasteiger partial charge in [-0.3, -0.25) is 4.79 Å². The molecule has 1 saturated heterocycles. The molecular formula is C13H27NO4Si. The maximum absolute atomic E-state index is 11.3. The molecule has 0 unspecified atom stereocenters. The normalized spacial score (nSPS) is 24.2. The first-order valence-corrected chi connectivity index (χ1v) is 9.75. The van der Waals surface area contributed by atoms with Crippen LogP contribution < -0.4 is 5.32 Å². The van der Waals surface area contributed by atoms with Gasteiger partial charge in [-0.05, 0) is 24.6 Å². The minimum atomic E-state index is -2.06. The lowest BCUT2D eigenvalue weighted by Gasteiger charge is -2.42. The standard InChI is InChI=1S/C13H27NO4Si/c1-13(2,3)19(4,5)18-12(10(16)8-15)9-6-7-11(17)14-9/h9-10,12,15-16H,6-8H2,1-5H3,(H,14,17)/t9-,10-,12+/m0/s1. The fourth-order valence-corrected chi connectivity index (χ4v) is 3.29. The summed E-state index contributed by atoms with van der Waals surface area (Å²) in [5.41, 5.74) is 0. The first kappa shape index (κ1) is 16.6. The number of hydrogen-bond donors (Lipinski definition) is 3. The zero-order valence-corrected chi connectivity index (χ0v) is 13.6. The van der Waals surface area contributed by atoms with Gasteiger partial charge in [-0.1, -0.05) is 20.8 Å². The van der Waals surface area contributed by atoms with Gasteiger partial charge in [0.15, 0.2) is 8.32 Å². The van der Waals surface area contributed by atoms with Gasteiger partial charge >= 0.3 is 0 Å². The molecular weight excluding hydrogens is 262 g/mol. The first-order chi connectivity index (χ1) is 8.58. The molecule has 0 spiro atoms. The number of hydrogen-bond acceptors (Lipinski definition) is 4. The van der Waals surface area contributed by atoms with Crippen molar-refractivity contribution in [3.8, 4) is 0 Å². The number of amides is 1. The molecule has 1 aliphatic rings. The van der Waals surface area contributed by atoms with Crippen LogP contribution in [0.4, 0.5) is 0 Å². The lowest BCUT2D eigenvalue weighted by Crippen LogP contribution is -2.54.